The fraction of sp³-hybridized carbons (Fsp3) is 0.529. The lowest BCUT2D eigenvalue weighted by Crippen LogP contribution is -2.31. The molecule has 0 bridgehead atoms. The Hall–Kier alpha value is -1.35. The summed E-state index contributed by atoms with van der Waals surface area (Å²) in [5, 5.41) is 4.97. The van der Waals surface area contributed by atoms with Crippen molar-refractivity contribution in [2.45, 2.75) is 40.0 Å². The summed E-state index contributed by atoms with van der Waals surface area (Å²) >= 11 is 5.91. The molecule has 0 spiro atoms. The highest BCUT2D eigenvalue weighted by Gasteiger charge is 2.27. The van der Waals surface area contributed by atoms with E-state index in [2.05, 4.69) is 31.3 Å². The quantitative estimate of drug-likeness (QED) is 0.820. The van der Waals surface area contributed by atoms with E-state index >= 15 is 0 Å². The summed E-state index contributed by atoms with van der Waals surface area (Å²) in [6.07, 6.45) is 3.37. The van der Waals surface area contributed by atoms with E-state index in [1.165, 1.54) is 6.42 Å². The molecule has 1 aromatic rings. The van der Waals surface area contributed by atoms with Crippen LogP contribution in [0.3, 0.4) is 0 Å². The zero-order valence-electron chi connectivity index (χ0n) is 12.9. The molecule has 0 aliphatic heterocycles. The molecule has 21 heavy (non-hydrogen) atoms. The van der Waals surface area contributed by atoms with Gasteiger partial charge in [0, 0.05) is 22.2 Å². The molecule has 2 rings (SSSR count). The van der Waals surface area contributed by atoms with Crippen molar-refractivity contribution in [1.29, 1.82) is 0 Å². The molecule has 2 atom stereocenters. The second kappa shape index (κ2) is 7.08. The first-order valence-corrected chi connectivity index (χ1v) is 7.97. The smallest absolute Gasteiger partial charge is 0.267 e. The Kier molecular flexibility index (Phi) is 5.40. The summed E-state index contributed by atoms with van der Waals surface area (Å²) in [5.74, 6) is 1.47. The van der Waals surface area contributed by atoms with Gasteiger partial charge in [0.05, 0.1) is 0 Å². The Morgan fingerprint density at radius 2 is 2.14 bits per heavy atom. The molecule has 4 heteroatoms. The number of hydrazone groups is 1. The third-order valence-corrected chi connectivity index (χ3v) is 4.38. The van der Waals surface area contributed by atoms with Gasteiger partial charge in [0.2, 0.25) is 0 Å². The van der Waals surface area contributed by atoms with Gasteiger partial charge < -0.3 is 0 Å². The molecule has 1 saturated carbocycles. The van der Waals surface area contributed by atoms with Crippen LogP contribution in [0.2, 0.25) is 5.02 Å². The van der Waals surface area contributed by atoms with Gasteiger partial charge in [-0.1, -0.05) is 38.4 Å². The van der Waals surface area contributed by atoms with Gasteiger partial charge in [0.1, 0.15) is 0 Å². The maximum Gasteiger partial charge on any atom is 0.271 e. The number of halogens is 1. The van der Waals surface area contributed by atoms with Crippen molar-refractivity contribution in [3.05, 3.63) is 34.9 Å². The third kappa shape index (κ3) is 4.31. The maximum absolute atomic E-state index is 12.1. The molecule has 1 fully saturated rings. The molecule has 0 aromatic heterocycles. The highest BCUT2D eigenvalue weighted by atomic mass is 35.5. The fourth-order valence-electron chi connectivity index (χ4n) is 2.90. The Morgan fingerprint density at radius 1 is 1.38 bits per heavy atom. The predicted molar refractivity (Wildman–Crippen MR) is 87.7 cm³/mol. The van der Waals surface area contributed by atoms with E-state index in [4.69, 9.17) is 11.6 Å². The highest BCUT2D eigenvalue weighted by molar-refractivity contribution is 6.30. The Balaban J connectivity index is 2.08. The topological polar surface area (TPSA) is 41.5 Å². The number of hydrogen-bond donors (Lipinski definition) is 1. The molecule has 0 radical (unpaired) electrons. The number of amides is 1. The summed E-state index contributed by atoms with van der Waals surface area (Å²) in [5.41, 5.74) is 4.35. The van der Waals surface area contributed by atoms with Crippen LogP contribution in [-0.2, 0) is 0 Å². The van der Waals surface area contributed by atoms with Crippen LogP contribution < -0.4 is 5.43 Å². The van der Waals surface area contributed by atoms with Crippen LogP contribution in [0.5, 0.6) is 0 Å². The Morgan fingerprint density at radius 3 is 2.81 bits per heavy atom. The van der Waals surface area contributed by atoms with Gasteiger partial charge >= 0.3 is 0 Å². The second-order valence-corrected chi connectivity index (χ2v) is 6.73. The van der Waals surface area contributed by atoms with E-state index in [0.29, 0.717) is 28.3 Å². The van der Waals surface area contributed by atoms with Gasteiger partial charge in [-0.2, -0.15) is 5.10 Å². The predicted octanol–water partition coefficient (Wildman–Crippen LogP) is 4.52. The van der Waals surface area contributed by atoms with E-state index in [1.807, 2.05) is 0 Å². The van der Waals surface area contributed by atoms with E-state index < -0.39 is 0 Å². The van der Waals surface area contributed by atoms with Gasteiger partial charge in [-0.3, -0.25) is 4.79 Å². The Labute approximate surface area is 131 Å². The lowest BCUT2D eigenvalue weighted by molar-refractivity contribution is 0.0954. The van der Waals surface area contributed by atoms with Crippen LogP contribution in [0, 0.1) is 17.8 Å². The van der Waals surface area contributed by atoms with Gasteiger partial charge in [-0.15, -0.1) is 0 Å². The molecule has 1 aliphatic carbocycles. The van der Waals surface area contributed by atoms with E-state index in [9.17, 15) is 4.79 Å². The van der Waals surface area contributed by atoms with Gasteiger partial charge in [-0.25, -0.2) is 5.43 Å². The minimum atomic E-state index is -0.203. The molecular formula is C17H23ClN2O. The Bertz CT molecular complexity index is 539. The number of carbonyl (C=O) groups is 1. The summed E-state index contributed by atoms with van der Waals surface area (Å²) in [7, 11) is 0. The van der Waals surface area contributed by atoms with Gasteiger partial charge in [-0.05, 0) is 49.3 Å². The lowest BCUT2D eigenvalue weighted by Gasteiger charge is -2.30. The number of benzene rings is 1. The number of rotatable bonds is 3. The highest BCUT2D eigenvalue weighted by Crippen LogP contribution is 2.31. The normalized spacial score (nSPS) is 24.3. The minimum absolute atomic E-state index is 0.203. The van der Waals surface area contributed by atoms with Gasteiger partial charge in [0.15, 0.2) is 0 Å². The molecule has 0 heterocycles. The summed E-state index contributed by atoms with van der Waals surface area (Å²) < 4.78 is 0. The van der Waals surface area contributed by atoms with Crippen molar-refractivity contribution in [2.75, 3.05) is 0 Å². The van der Waals surface area contributed by atoms with Gasteiger partial charge in [0.25, 0.3) is 5.91 Å². The molecule has 1 aromatic carbocycles. The average Bonchev–Trinajstić information content (AvgIpc) is 2.44. The third-order valence-electron chi connectivity index (χ3n) is 4.15. The molecule has 3 nitrogen and oxygen atoms in total. The van der Waals surface area contributed by atoms with Crippen LogP contribution in [0.1, 0.15) is 50.4 Å². The van der Waals surface area contributed by atoms with Crippen LogP contribution in [0.4, 0.5) is 0 Å². The molecule has 1 amide bonds. The van der Waals surface area contributed by atoms with Crippen molar-refractivity contribution in [1.82, 2.24) is 5.43 Å². The fourth-order valence-corrected chi connectivity index (χ4v) is 3.09. The van der Waals surface area contributed by atoms with E-state index in [0.717, 1.165) is 18.6 Å². The van der Waals surface area contributed by atoms with Crippen molar-refractivity contribution >= 4 is 23.2 Å². The first-order chi connectivity index (χ1) is 9.97. The summed E-state index contributed by atoms with van der Waals surface area (Å²) in [6, 6.07) is 6.91. The molecular weight excluding hydrogens is 284 g/mol. The molecule has 0 saturated heterocycles. The number of hydrogen-bond acceptors (Lipinski definition) is 2. The van der Waals surface area contributed by atoms with Crippen molar-refractivity contribution < 1.29 is 4.79 Å². The van der Waals surface area contributed by atoms with Crippen LogP contribution >= 0.6 is 11.6 Å². The first-order valence-electron chi connectivity index (χ1n) is 7.59. The van der Waals surface area contributed by atoms with Crippen LogP contribution in [0.25, 0.3) is 0 Å². The van der Waals surface area contributed by atoms with Crippen molar-refractivity contribution in [3.63, 3.8) is 0 Å². The lowest BCUT2D eigenvalue weighted by atomic mass is 9.76. The van der Waals surface area contributed by atoms with Crippen molar-refractivity contribution in [3.8, 4) is 0 Å². The number of nitrogens with zero attached hydrogens (tertiary/aromatic N) is 1. The minimum Gasteiger partial charge on any atom is -0.267 e. The second-order valence-electron chi connectivity index (χ2n) is 6.29. The number of carbonyl (C=O) groups excluding carboxylic acids is 1. The maximum atomic E-state index is 12.1. The first kappa shape index (κ1) is 16.0. The molecule has 0 unspecified atom stereocenters. The summed E-state index contributed by atoms with van der Waals surface area (Å²) in [6.45, 7) is 6.68. The average molecular weight is 307 g/mol. The largest absolute Gasteiger partial charge is 0.271 e. The van der Waals surface area contributed by atoms with Crippen LogP contribution in [0.15, 0.2) is 29.4 Å². The van der Waals surface area contributed by atoms with Crippen molar-refractivity contribution in [2.24, 2.45) is 22.9 Å². The van der Waals surface area contributed by atoms with E-state index in [1.54, 1.807) is 24.3 Å². The SMILES string of the molecule is CC(C)[C@H]1CC[C@@H](C)C/C1=N/NC(=O)c1cccc(Cl)c1. The van der Waals surface area contributed by atoms with Crippen LogP contribution in [-0.4, -0.2) is 11.6 Å². The molecule has 114 valence electrons. The number of nitrogens with one attached hydrogen (secondary N) is 1. The summed E-state index contributed by atoms with van der Waals surface area (Å²) in [4.78, 5) is 12.1. The monoisotopic (exact) mass is 306 g/mol. The molecule has 1 aliphatic rings. The molecule has 1 N–H and O–H groups in total. The zero-order chi connectivity index (χ0) is 15.4. The standard InChI is InChI=1S/C17H23ClN2O/c1-11(2)15-8-7-12(3)9-16(15)19-20-17(21)13-5-4-6-14(18)10-13/h4-6,10-12,15H,7-9H2,1-3H3,(H,20,21)/b19-16-/t12-,15-/m1/s1. The zero-order valence-corrected chi connectivity index (χ0v) is 13.7. The van der Waals surface area contributed by atoms with E-state index in [-0.39, 0.29) is 5.91 Å².